The first kappa shape index (κ1) is 22.0. The molecule has 2 heterocycles. The van der Waals surface area contributed by atoms with Crippen LogP contribution in [0, 0.1) is 6.92 Å². The summed E-state index contributed by atoms with van der Waals surface area (Å²) in [6.45, 7) is 2.00. The van der Waals surface area contributed by atoms with E-state index in [0.717, 1.165) is 11.1 Å². The normalized spacial score (nSPS) is 11.0. The van der Waals surface area contributed by atoms with Crippen LogP contribution in [0.2, 0.25) is 10.0 Å². The number of hydrogen-bond donors (Lipinski definition) is 1. The lowest BCUT2D eigenvalue weighted by Crippen LogP contribution is -2.19. The van der Waals surface area contributed by atoms with E-state index >= 15 is 0 Å². The monoisotopic (exact) mass is 471 g/mol. The summed E-state index contributed by atoms with van der Waals surface area (Å²) in [5, 5.41) is 16.9. The molecule has 0 radical (unpaired) electrons. The number of aromatic nitrogens is 4. The zero-order valence-electron chi connectivity index (χ0n) is 17.5. The van der Waals surface area contributed by atoms with Crippen LogP contribution in [0.5, 0.6) is 5.75 Å². The molecule has 0 saturated heterocycles. The maximum Gasteiger partial charge on any atom is 0.278 e. The van der Waals surface area contributed by atoms with E-state index in [-0.39, 0.29) is 12.3 Å². The smallest absolute Gasteiger partial charge is 0.278 e. The van der Waals surface area contributed by atoms with Crippen molar-refractivity contribution in [1.82, 2.24) is 19.8 Å². The topological polar surface area (TPSA) is 90.6 Å². The number of anilines is 1. The Bertz CT molecular complexity index is 1320. The van der Waals surface area contributed by atoms with Crippen LogP contribution in [0.1, 0.15) is 21.9 Å². The van der Waals surface area contributed by atoms with Crippen molar-refractivity contribution >= 4 is 40.4 Å². The molecule has 0 aliphatic carbocycles. The van der Waals surface area contributed by atoms with Gasteiger partial charge in [-0.1, -0.05) is 35.3 Å². The fourth-order valence-electron chi connectivity index (χ4n) is 3.40. The molecule has 4 rings (SSSR count). The maximum atomic E-state index is 13.0. The molecule has 2 aromatic heterocycles. The molecule has 0 fully saturated rings. The van der Waals surface area contributed by atoms with E-state index < -0.39 is 5.91 Å². The molecule has 0 unspecified atom stereocenters. The van der Waals surface area contributed by atoms with Gasteiger partial charge in [0, 0.05) is 17.2 Å². The average molecular weight is 472 g/mol. The Morgan fingerprint density at radius 1 is 1.09 bits per heavy atom. The van der Waals surface area contributed by atoms with Crippen LogP contribution in [-0.4, -0.2) is 39.9 Å². The van der Waals surface area contributed by atoms with Gasteiger partial charge in [0.2, 0.25) is 0 Å². The number of carbonyl (C=O) groups is 1. The fourth-order valence-corrected chi connectivity index (χ4v) is 3.76. The molecular formula is C22H19Cl2N5O3. The number of rotatable bonds is 6. The van der Waals surface area contributed by atoms with E-state index in [1.807, 2.05) is 18.2 Å². The van der Waals surface area contributed by atoms with Crippen molar-refractivity contribution in [3.05, 3.63) is 69.6 Å². The first-order valence-corrected chi connectivity index (χ1v) is 10.3. The largest absolute Gasteiger partial charge is 0.495 e. The van der Waals surface area contributed by atoms with Crippen molar-refractivity contribution in [3.8, 4) is 16.9 Å². The van der Waals surface area contributed by atoms with Gasteiger partial charge >= 0.3 is 0 Å². The van der Waals surface area contributed by atoms with Gasteiger partial charge < -0.3 is 14.8 Å². The van der Waals surface area contributed by atoms with Gasteiger partial charge in [-0.05, 0) is 42.8 Å². The molecule has 32 heavy (non-hydrogen) atoms. The summed E-state index contributed by atoms with van der Waals surface area (Å²) >= 11 is 12.2. The minimum Gasteiger partial charge on any atom is -0.495 e. The molecule has 10 heteroatoms. The Kier molecular flexibility index (Phi) is 6.27. The molecule has 164 valence electrons. The molecule has 8 nitrogen and oxygen atoms in total. The number of fused-ring (bicyclic) bond motifs is 1. The minimum atomic E-state index is -0.467. The minimum absolute atomic E-state index is 0.114. The van der Waals surface area contributed by atoms with Gasteiger partial charge in [0.05, 0.1) is 36.4 Å². The molecule has 1 amide bonds. The van der Waals surface area contributed by atoms with Gasteiger partial charge in [0.25, 0.3) is 5.91 Å². The molecule has 0 spiro atoms. The molecule has 2 aromatic carbocycles. The number of hydrogen-bond acceptors (Lipinski definition) is 6. The Hall–Kier alpha value is -3.20. The van der Waals surface area contributed by atoms with Crippen molar-refractivity contribution < 1.29 is 14.3 Å². The Morgan fingerprint density at radius 2 is 1.88 bits per heavy atom. The van der Waals surface area contributed by atoms with Crippen LogP contribution in [0.3, 0.4) is 0 Å². The molecule has 0 saturated carbocycles. The van der Waals surface area contributed by atoms with Crippen LogP contribution in [0.4, 0.5) is 5.69 Å². The second-order valence-corrected chi connectivity index (χ2v) is 7.81. The number of amides is 1. The van der Waals surface area contributed by atoms with Crippen LogP contribution < -0.4 is 10.1 Å². The second-order valence-electron chi connectivity index (χ2n) is 6.93. The van der Waals surface area contributed by atoms with Gasteiger partial charge in [-0.25, -0.2) is 4.52 Å². The Labute approximate surface area is 194 Å². The highest BCUT2D eigenvalue weighted by molar-refractivity contribution is 6.31. The summed E-state index contributed by atoms with van der Waals surface area (Å²) in [5.41, 5.74) is 3.77. The molecule has 4 aromatic rings. The quantitative estimate of drug-likeness (QED) is 0.433. The van der Waals surface area contributed by atoms with Crippen LogP contribution in [0.15, 0.2) is 42.5 Å². The summed E-state index contributed by atoms with van der Waals surface area (Å²) in [6, 6.07) is 12.3. The van der Waals surface area contributed by atoms with E-state index in [0.29, 0.717) is 38.5 Å². The Morgan fingerprint density at radius 3 is 2.59 bits per heavy atom. The predicted octanol–water partition coefficient (Wildman–Crippen LogP) is 4.81. The lowest BCUT2D eigenvalue weighted by Gasteiger charge is -2.11. The molecule has 0 aliphatic rings. The maximum absolute atomic E-state index is 13.0. The molecule has 0 bridgehead atoms. The van der Waals surface area contributed by atoms with E-state index in [9.17, 15) is 4.79 Å². The number of carbonyl (C=O) groups excluding carboxylic acids is 1. The number of nitrogens with zero attached hydrogens (tertiary/aromatic N) is 4. The van der Waals surface area contributed by atoms with Gasteiger partial charge in [-0.15, -0.1) is 10.2 Å². The van der Waals surface area contributed by atoms with Crippen molar-refractivity contribution in [3.63, 3.8) is 0 Å². The molecular weight excluding hydrogens is 453 g/mol. The lowest BCUT2D eigenvalue weighted by molar-refractivity contribution is 0.101. The van der Waals surface area contributed by atoms with Gasteiger partial charge in [0.15, 0.2) is 11.3 Å². The average Bonchev–Trinajstić information content (AvgIpc) is 3.13. The van der Waals surface area contributed by atoms with E-state index in [1.54, 1.807) is 42.8 Å². The lowest BCUT2D eigenvalue weighted by atomic mass is 10.1. The highest BCUT2D eigenvalue weighted by Gasteiger charge is 2.22. The van der Waals surface area contributed by atoms with E-state index in [4.69, 9.17) is 32.7 Å². The summed E-state index contributed by atoms with van der Waals surface area (Å²) < 4.78 is 12.2. The Balaban J connectivity index is 1.79. The van der Waals surface area contributed by atoms with Crippen molar-refractivity contribution in [1.29, 1.82) is 0 Å². The first-order chi connectivity index (χ1) is 15.4. The third-order valence-electron chi connectivity index (χ3n) is 4.86. The van der Waals surface area contributed by atoms with Gasteiger partial charge in [-0.3, -0.25) is 4.79 Å². The summed E-state index contributed by atoms with van der Waals surface area (Å²) in [6.07, 6.45) is 0. The third kappa shape index (κ3) is 4.12. The number of methoxy groups -OCH3 is 2. The number of ether oxygens (including phenoxy) is 2. The number of aryl methyl sites for hydroxylation is 1. The molecule has 0 aliphatic heterocycles. The predicted molar refractivity (Wildman–Crippen MR) is 123 cm³/mol. The third-order valence-corrected chi connectivity index (χ3v) is 5.33. The van der Waals surface area contributed by atoms with E-state index in [1.165, 1.54) is 7.11 Å². The zero-order chi connectivity index (χ0) is 22.8. The number of benzene rings is 2. The SMILES string of the molecule is COCc1nn2c(C)c(C(=O)Nc3cc(Cl)ccc3OC)nnc2c1-c1cccc(Cl)c1. The standard InChI is InChI=1S/C22H19Cl2N5O3/c1-12-20(22(30)25-16-10-15(24)7-8-18(16)32-3)26-27-21-19(13-5-4-6-14(23)9-13)17(11-31-2)28-29(12)21/h4-10H,11H2,1-3H3,(H,25,30). The highest BCUT2D eigenvalue weighted by atomic mass is 35.5. The van der Waals surface area contributed by atoms with Gasteiger partial charge in [-0.2, -0.15) is 5.10 Å². The number of nitrogens with one attached hydrogen (secondary N) is 1. The van der Waals surface area contributed by atoms with E-state index in [2.05, 4.69) is 20.6 Å². The summed E-state index contributed by atoms with van der Waals surface area (Å²) in [7, 11) is 3.09. The van der Waals surface area contributed by atoms with Gasteiger partial charge in [0.1, 0.15) is 5.75 Å². The highest BCUT2D eigenvalue weighted by Crippen LogP contribution is 2.31. The second kappa shape index (κ2) is 9.12. The van der Waals surface area contributed by atoms with Crippen molar-refractivity contribution in [2.45, 2.75) is 13.5 Å². The van der Waals surface area contributed by atoms with Crippen LogP contribution >= 0.6 is 23.2 Å². The van der Waals surface area contributed by atoms with Crippen LogP contribution in [-0.2, 0) is 11.3 Å². The van der Waals surface area contributed by atoms with Crippen molar-refractivity contribution in [2.75, 3.05) is 19.5 Å². The number of halogens is 2. The first-order valence-electron chi connectivity index (χ1n) is 9.57. The fraction of sp³-hybridized carbons (Fsp3) is 0.182. The zero-order valence-corrected chi connectivity index (χ0v) is 19.0. The molecule has 1 N–H and O–H groups in total. The summed E-state index contributed by atoms with van der Waals surface area (Å²) in [5.74, 6) is 0.00437. The molecule has 0 atom stereocenters. The van der Waals surface area contributed by atoms with Crippen LogP contribution in [0.25, 0.3) is 16.8 Å². The summed E-state index contributed by atoms with van der Waals surface area (Å²) in [4.78, 5) is 13.0. The van der Waals surface area contributed by atoms with Crippen molar-refractivity contribution in [2.24, 2.45) is 0 Å².